The molecular weight excluding hydrogens is 1320 g/mol. The number of fused-ring (bicyclic) bond motifs is 18. The maximum absolute atomic E-state index is 6.60. The first-order valence-corrected chi connectivity index (χ1v) is 36.8. The van der Waals surface area contributed by atoms with Crippen LogP contribution in [0.15, 0.2) is 362 Å². The van der Waals surface area contributed by atoms with Gasteiger partial charge in [-0.15, -0.1) is 0 Å². The molecular formula is C99H61N7O2. The zero-order valence-electron chi connectivity index (χ0n) is 58.2. The standard InChI is InChI=1S/C99H61N7O2/c1-8-28-88-71(17-1)72-18-2-9-29-89(72)103(88)67-42-47-98-81(57-67)79-55-63(40-45-96(79)107-98)83-24-15-26-85(101-83)66-51-65(52-70(53-66)106-92-32-12-5-21-75(92)76-22-6-13-33-93(76)106)61-37-35-60(36-38-61)62-39-44-95-78(54-62)77-23-7-14-34-94(77)105(95)69-49-50-100-87(59-69)86-27-16-25-84(102-86)64-41-46-97-80(56-64)82-58-68(43-48-99(82)108-97)104-90-30-10-3-19-73(90)74-20-4-11-31-91(74)104/h1-59,80,97H. The quantitative estimate of drug-likeness (QED) is 0.136. The second kappa shape index (κ2) is 23.6. The predicted molar refractivity (Wildman–Crippen MR) is 442 cm³/mol. The van der Waals surface area contributed by atoms with Gasteiger partial charge in [-0.25, -0.2) is 9.97 Å². The van der Waals surface area contributed by atoms with Gasteiger partial charge in [0.1, 0.15) is 23.0 Å². The first-order valence-electron chi connectivity index (χ1n) is 36.8. The van der Waals surface area contributed by atoms with E-state index in [1.807, 2.05) is 6.20 Å². The number of furan rings is 1. The Morgan fingerprint density at radius 3 is 1.31 bits per heavy atom. The molecule has 0 bridgehead atoms. The Morgan fingerprint density at radius 2 is 0.704 bits per heavy atom. The van der Waals surface area contributed by atoms with Crippen LogP contribution in [-0.2, 0) is 0 Å². The minimum Gasteiger partial charge on any atom is -0.485 e. The van der Waals surface area contributed by atoms with E-state index in [-0.39, 0.29) is 12.0 Å². The highest BCUT2D eigenvalue weighted by atomic mass is 16.5. The number of hydrogen-bond acceptors (Lipinski definition) is 5. The second-order valence-corrected chi connectivity index (χ2v) is 28.6. The van der Waals surface area contributed by atoms with Crippen LogP contribution in [0.5, 0.6) is 5.75 Å². The van der Waals surface area contributed by atoms with Crippen molar-refractivity contribution in [2.24, 2.45) is 0 Å². The van der Waals surface area contributed by atoms with Crippen molar-refractivity contribution in [3.05, 3.63) is 369 Å². The van der Waals surface area contributed by atoms with E-state index in [2.05, 4.69) is 370 Å². The highest BCUT2D eigenvalue weighted by Gasteiger charge is 2.35. The zero-order valence-corrected chi connectivity index (χ0v) is 58.2. The molecule has 21 aromatic rings. The number of hydrogen-bond donors (Lipinski definition) is 0. The van der Waals surface area contributed by atoms with Crippen LogP contribution >= 0.6 is 0 Å². The molecule has 108 heavy (non-hydrogen) atoms. The van der Waals surface area contributed by atoms with Gasteiger partial charge < -0.3 is 27.4 Å². The van der Waals surface area contributed by atoms with Crippen molar-refractivity contribution >= 4 is 115 Å². The fourth-order valence-corrected chi connectivity index (χ4v) is 17.6. The van der Waals surface area contributed by atoms with Gasteiger partial charge in [-0.05, 0) is 198 Å². The molecule has 0 fully saturated rings. The molecule has 9 nitrogen and oxygen atoms in total. The number of pyridine rings is 3. The molecule has 23 rings (SSSR count). The summed E-state index contributed by atoms with van der Waals surface area (Å²) < 4.78 is 22.7. The van der Waals surface area contributed by atoms with Gasteiger partial charge >= 0.3 is 0 Å². The molecule has 2 atom stereocenters. The van der Waals surface area contributed by atoms with E-state index in [1.165, 1.54) is 70.7 Å². The summed E-state index contributed by atoms with van der Waals surface area (Å²) >= 11 is 0. The van der Waals surface area contributed by atoms with Crippen molar-refractivity contribution in [2.75, 3.05) is 0 Å². The van der Waals surface area contributed by atoms with Crippen molar-refractivity contribution in [3.8, 4) is 84.7 Å². The normalized spacial score (nSPS) is 14.2. The molecule has 1 aliphatic heterocycles. The van der Waals surface area contributed by atoms with E-state index in [0.29, 0.717) is 0 Å². The van der Waals surface area contributed by atoms with E-state index in [0.717, 1.165) is 140 Å². The fourth-order valence-electron chi connectivity index (χ4n) is 17.6. The van der Waals surface area contributed by atoms with Gasteiger partial charge in [0.15, 0.2) is 0 Å². The second-order valence-electron chi connectivity index (χ2n) is 28.6. The Bertz CT molecular complexity index is 7280. The van der Waals surface area contributed by atoms with E-state index in [9.17, 15) is 0 Å². The van der Waals surface area contributed by atoms with Crippen molar-refractivity contribution < 1.29 is 9.15 Å². The van der Waals surface area contributed by atoms with Gasteiger partial charge in [-0.1, -0.05) is 182 Å². The number of nitrogens with zero attached hydrogens (tertiary/aromatic N) is 7. The average molecular weight is 1380 g/mol. The third kappa shape index (κ3) is 9.35. The molecule has 504 valence electrons. The van der Waals surface area contributed by atoms with Crippen LogP contribution in [0.1, 0.15) is 17.2 Å². The van der Waals surface area contributed by atoms with E-state index < -0.39 is 0 Å². The summed E-state index contributed by atoms with van der Waals surface area (Å²) in [5.41, 5.74) is 28.1. The highest BCUT2D eigenvalue weighted by molar-refractivity contribution is 6.14. The van der Waals surface area contributed by atoms with Gasteiger partial charge in [-0.2, -0.15) is 0 Å². The summed E-state index contributed by atoms with van der Waals surface area (Å²) in [6.07, 6.45) is 8.48. The largest absolute Gasteiger partial charge is 0.485 e. The molecule has 0 saturated carbocycles. The number of benzene rings is 13. The van der Waals surface area contributed by atoms with Gasteiger partial charge in [0.05, 0.1) is 72.6 Å². The summed E-state index contributed by atoms with van der Waals surface area (Å²) in [4.78, 5) is 15.8. The number of para-hydroxylation sites is 7. The highest BCUT2D eigenvalue weighted by Crippen LogP contribution is 2.47. The summed E-state index contributed by atoms with van der Waals surface area (Å²) in [5.74, 6) is 0.940. The zero-order chi connectivity index (χ0) is 70.7. The van der Waals surface area contributed by atoms with Crippen molar-refractivity contribution in [1.29, 1.82) is 0 Å². The van der Waals surface area contributed by atoms with E-state index in [4.69, 9.17) is 24.1 Å². The Hall–Kier alpha value is -14.4. The van der Waals surface area contributed by atoms with Crippen LogP contribution in [-0.4, -0.2) is 39.3 Å². The van der Waals surface area contributed by atoms with Crippen LogP contribution in [0.3, 0.4) is 0 Å². The molecule has 0 radical (unpaired) electrons. The lowest BCUT2D eigenvalue weighted by Gasteiger charge is -2.19. The molecule has 2 aliphatic rings. The van der Waals surface area contributed by atoms with Crippen LogP contribution in [0, 0.1) is 0 Å². The molecule has 1 aliphatic carbocycles. The topological polar surface area (TPSA) is 80.8 Å². The summed E-state index contributed by atoms with van der Waals surface area (Å²) in [6, 6.07) is 120. The third-order valence-electron chi connectivity index (χ3n) is 22.6. The SMILES string of the molecule is C1=CC2Oc3ccc(-n4c5ccccc5c5ccccc54)cc3C2C=C1c1cccc(-c2cc(-n3c4ccccc4c4cc(-c5ccc(-c6cc(-c7cccc(-c8ccc9oc%10ccc(-n%11c%12ccccc%12c%12ccccc%12%11)cc%10c9c8)n7)cc(-n7c8ccccc8c8ccccc87)c6)cc5)ccc43)ccn2)n1. The van der Waals surface area contributed by atoms with E-state index >= 15 is 0 Å². The lowest BCUT2D eigenvalue weighted by molar-refractivity contribution is 0.269. The van der Waals surface area contributed by atoms with Crippen LogP contribution in [0.25, 0.3) is 194 Å². The molecule has 8 aromatic heterocycles. The maximum atomic E-state index is 6.60. The molecule has 0 spiro atoms. The predicted octanol–water partition coefficient (Wildman–Crippen LogP) is 25.0. The molecule has 0 amide bonds. The molecule has 9 heteroatoms. The summed E-state index contributed by atoms with van der Waals surface area (Å²) in [7, 11) is 0. The fraction of sp³-hybridized carbons (Fsp3) is 0.0202. The first-order chi connectivity index (χ1) is 53.5. The van der Waals surface area contributed by atoms with Gasteiger partial charge in [0, 0.05) is 105 Å². The first kappa shape index (κ1) is 60.1. The molecule has 0 saturated heterocycles. The third-order valence-corrected chi connectivity index (χ3v) is 22.6. The lowest BCUT2D eigenvalue weighted by Crippen LogP contribution is -2.17. The summed E-state index contributed by atoms with van der Waals surface area (Å²) in [5, 5.41) is 11.8. The number of aromatic nitrogens is 7. The maximum Gasteiger partial charge on any atom is 0.135 e. The number of ether oxygens (including phenoxy) is 1. The lowest BCUT2D eigenvalue weighted by atomic mass is 9.88. The van der Waals surface area contributed by atoms with Crippen LogP contribution in [0.4, 0.5) is 0 Å². The Labute approximate surface area is 619 Å². The number of rotatable bonds is 10. The Kier molecular flexibility index (Phi) is 13.1. The van der Waals surface area contributed by atoms with E-state index in [1.54, 1.807) is 0 Å². The van der Waals surface area contributed by atoms with Gasteiger partial charge in [-0.3, -0.25) is 4.98 Å². The molecule has 13 aromatic carbocycles. The van der Waals surface area contributed by atoms with Gasteiger partial charge in [0.25, 0.3) is 0 Å². The minimum absolute atomic E-state index is 0.0240. The van der Waals surface area contributed by atoms with Crippen molar-refractivity contribution in [3.63, 3.8) is 0 Å². The number of allylic oxidation sites excluding steroid dienone is 2. The average Bonchev–Trinajstić information content (AvgIpc) is 1.60. The van der Waals surface area contributed by atoms with Crippen molar-refractivity contribution in [2.45, 2.75) is 12.0 Å². The van der Waals surface area contributed by atoms with Crippen LogP contribution in [0.2, 0.25) is 0 Å². The molecule has 9 heterocycles. The summed E-state index contributed by atoms with van der Waals surface area (Å²) in [6.45, 7) is 0. The Morgan fingerprint density at radius 1 is 0.269 bits per heavy atom. The molecule has 0 N–H and O–H groups in total. The van der Waals surface area contributed by atoms with Gasteiger partial charge in [0.2, 0.25) is 0 Å². The Balaban J connectivity index is 0.571. The smallest absolute Gasteiger partial charge is 0.135 e. The minimum atomic E-state index is -0.101. The molecule has 2 unspecified atom stereocenters. The monoisotopic (exact) mass is 1380 g/mol. The van der Waals surface area contributed by atoms with Crippen LogP contribution < -0.4 is 4.74 Å². The van der Waals surface area contributed by atoms with Crippen molar-refractivity contribution in [1.82, 2.24) is 33.2 Å².